The Kier molecular flexibility index (Phi) is 6.86. The molecule has 2 fully saturated rings. The number of thioether (sulfide) groups is 1. The van der Waals surface area contributed by atoms with Crippen LogP contribution in [0.5, 0.6) is 0 Å². The van der Waals surface area contributed by atoms with Gasteiger partial charge in [0.1, 0.15) is 6.54 Å². The average molecular weight is 327 g/mol. The quantitative estimate of drug-likeness (QED) is 0.611. The van der Waals surface area contributed by atoms with E-state index in [1.54, 1.807) is 0 Å². The summed E-state index contributed by atoms with van der Waals surface area (Å²) >= 11 is 2.15. The van der Waals surface area contributed by atoms with Gasteiger partial charge in [0, 0.05) is 36.7 Å². The summed E-state index contributed by atoms with van der Waals surface area (Å²) in [6.45, 7) is 7.82. The van der Waals surface area contributed by atoms with Crippen molar-refractivity contribution in [1.82, 2.24) is 15.5 Å². The lowest BCUT2D eigenvalue weighted by molar-refractivity contribution is -0.119. The van der Waals surface area contributed by atoms with Gasteiger partial charge in [-0.25, -0.2) is 4.99 Å². The molecule has 0 atom stereocenters. The largest absolute Gasteiger partial charge is 0.357 e. The number of likely N-dealkylation sites (N-methyl/N-ethyl adjacent to an activating group) is 1. The molecule has 1 aliphatic heterocycles. The summed E-state index contributed by atoms with van der Waals surface area (Å²) < 4.78 is 0.415. The van der Waals surface area contributed by atoms with Gasteiger partial charge in [0.25, 0.3) is 0 Å². The minimum absolute atomic E-state index is 0.00309. The molecule has 0 unspecified atom stereocenters. The standard InChI is InChI=1S/C16H30N4OS/c1-3-17-14(21)12-19-15(18-4-2)20-10-11-22-16(13-20)8-6-5-7-9-16/h3-13H2,1-2H3,(H,17,21)(H,18,19). The molecule has 1 saturated carbocycles. The van der Waals surface area contributed by atoms with E-state index in [9.17, 15) is 4.79 Å². The van der Waals surface area contributed by atoms with E-state index < -0.39 is 0 Å². The molecular formula is C16H30N4OS. The molecular weight excluding hydrogens is 296 g/mol. The first kappa shape index (κ1) is 17.4. The third kappa shape index (κ3) is 4.80. The van der Waals surface area contributed by atoms with Crippen molar-refractivity contribution in [3.63, 3.8) is 0 Å². The third-order valence-corrected chi connectivity index (χ3v) is 5.93. The van der Waals surface area contributed by atoms with E-state index in [1.165, 1.54) is 32.1 Å². The van der Waals surface area contributed by atoms with Crippen LogP contribution < -0.4 is 10.6 Å². The van der Waals surface area contributed by atoms with Crippen molar-refractivity contribution in [2.75, 3.05) is 38.5 Å². The van der Waals surface area contributed by atoms with Crippen LogP contribution in [0.25, 0.3) is 0 Å². The molecule has 2 N–H and O–H groups in total. The smallest absolute Gasteiger partial charge is 0.241 e. The zero-order valence-corrected chi connectivity index (χ0v) is 14.8. The number of carbonyl (C=O) groups is 1. The Morgan fingerprint density at radius 2 is 1.91 bits per heavy atom. The summed E-state index contributed by atoms with van der Waals surface area (Å²) in [7, 11) is 0. The second kappa shape index (κ2) is 8.65. The van der Waals surface area contributed by atoms with Crippen LogP contribution in [0, 0.1) is 0 Å². The van der Waals surface area contributed by atoms with Gasteiger partial charge in [-0.2, -0.15) is 11.8 Å². The molecule has 0 aromatic carbocycles. The summed E-state index contributed by atoms with van der Waals surface area (Å²) in [5.74, 6) is 2.06. The van der Waals surface area contributed by atoms with Crippen LogP contribution in [0.3, 0.4) is 0 Å². The molecule has 0 bridgehead atoms. The number of nitrogens with one attached hydrogen (secondary N) is 2. The van der Waals surface area contributed by atoms with E-state index in [2.05, 4.69) is 39.2 Å². The molecule has 2 rings (SSSR count). The topological polar surface area (TPSA) is 56.7 Å². The van der Waals surface area contributed by atoms with Crippen molar-refractivity contribution >= 4 is 23.6 Å². The Morgan fingerprint density at radius 1 is 1.18 bits per heavy atom. The van der Waals surface area contributed by atoms with E-state index in [-0.39, 0.29) is 12.5 Å². The van der Waals surface area contributed by atoms with Gasteiger partial charge in [-0.1, -0.05) is 19.3 Å². The monoisotopic (exact) mass is 326 g/mol. The molecule has 2 aliphatic rings. The van der Waals surface area contributed by atoms with Gasteiger partial charge in [0.2, 0.25) is 5.91 Å². The van der Waals surface area contributed by atoms with E-state index in [0.717, 1.165) is 31.3 Å². The van der Waals surface area contributed by atoms with Crippen molar-refractivity contribution < 1.29 is 4.79 Å². The van der Waals surface area contributed by atoms with Crippen molar-refractivity contribution in [1.29, 1.82) is 0 Å². The second-order valence-electron chi connectivity index (χ2n) is 6.14. The highest BCUT2D eigenvalue weighted by atomic mass is 32.2. The van der Waals surface area contributed by atoms with Gasteiger partial charge in [0.05, 0.1) is 0 Å². The highest BCUT2D eigenvalue weighted by Crippen LogP contribution is 2.42. The lowest BCUT2D eigenvalue weighted by atomic mass is 9.87. The minimum Gasteiger partial charge on any atom is -0.357 e. The first-order valence-electron chi connectivity index (χ1n) is 8.63. The van der Waals surface area contributed by atoms with Crippen LogP contribution in [-0.4, -0.2) is 60.0 Å². The second-order valence-corrected chi connectivity index (χ2v) is 7.70. The molecule has 1 aliphatic carbocycles. The van der Waals surface area contributed by atoms with E-state index in [4.69, 9.17) is 0 Å². The predicted octanol–water partition coefficient (Wildman–Crippen LogP) is 1.84. The molecule has 5 nitrogen and oxygen atoms in total. The molecule has 1 amide bonds. The van der Waals surface area contributed by atoms with Crippen molar-refractivity contribution in [2.24, 2.45) is 4.99 Å². The fourth-order valence-corrected chi connectivity index (χ4v) is 4.92. The Hall–Kier alpha value is -0.910. The lowest BCUT2D eigenvalue weighted by Gasteiger charge is -2.45. The van der Waals surface area contributed by atoms with Crippen LogP contribution in [0.2, 0.25) is 0 Å². The van der Waals surface area contributed by atoms with E-state index in [0.29, 0.717) is 11.3 Å². The van der Waals surface area contributed by atoms with Crippen LogP contribution in [-0.2, 0) is 4.79 Å². The number of nitrogens with zero attached hydrogens (tertiary/aromatic N) is 2. The number of aliphatic imine (C=N–C) groups is 1. The lowest BCUT2D eigenvalue weighted by Crippen LogP contribution is -2.53. The van der Waals surface area contributed by atoms with Crippen LogP contribution in [0.4, 0.5) is 0 Å². The van der Waals surface area contributed by atoms with Gasteiger partial charge in [-0.15, -0.1) is 0 Å². The number of guanidine groups is 1. The number of amides is 1. The maximum atomic E-state index is 11.7. The van der Waals surface area contributed by atoms with Crippen LogP contribution in [0.15, 0.2) is 4.99 Å². The minimum atomic E-state index is -0.00309. The molecule has 0 aromatic rings. The molecule has 0 aromatic heterocycles. The third-order valence-electron chi connectivity index (χ3n) is 4.39. The Bertz CT molecular complexity index is 388. The highest BCUT2D eigenvalue weighted by Gasteiger charge is 2.38. The van der Waals surface area contributed by atoms with Crippen molar-refractivity contribution in [3.05, 3.63) is 0 Å². The average Bonchev–Trinajstić information content (AvgIpc) is 2.52. The molecule has 1 saturated heterocycles. The summed E-state index contributed by atoms with van der Waals surface area (Å²) in [4.78, 5) is 18.6. The molecule has 1 spiro atoms. The summed E-state index contributed by atoms with van der Waals surface area (Å²) in [5, 5.41) is 6.16. The summed E-state index contributed by atoms with van der Waals surface area (Å²) in [6, 6.07) is 0. The highest BCUT2D eigenvalue weighted by molar-refractivity contribution is 8.00. The van der Waals surface area contributed by atoms with Crippen LogP contribution in [0.1, 0.15) is 46.0 Å². The number of carbonyl (C=O) groups excluding carboxylic acids is 1. The first-order valence-corrected chi connectivity index (χ1v) is 9.61. The number of hydrogen-bond acceptors (Lipinski definition) is 3. The van der Waals surface area contributed by atoms with E-state index >= 15 is 0 Å². The molecule has 22 heavy (non-hydrogen) atoms. The predicted molar refractivity (Wildman–Crippen MR) is 94.5 cm³/mol. The van der Waals surface area contributed by atoms with Gasteiger partial charge in [-0.05, 0) is 26.7 Å². The zero-order valence-electron chi connectivity index (χ0n) is 14.0. The Balaban J connectivity index is 2.00. The van der Waals surface area contributed by atoms with Crippen LogP contribution >= 0.6 is 11.8 Å². The maximum absolute atomic E-state index is 11.7. The Morgan fingerprint density at radius 3 is 2.59 bits per heavy atom. The zero-order chi connectivity index (χ0) is 15.8. The number of rotatable bonds is 4. The number of hydrogen-bond donors (Lipinski definition) is 2. The SMILES string of the molecule is CCNC(=O)CN=C(NCC)N1CCSC2(CCCCC2)C1. The molecule has 1 heterocycles. The van der Waals surface area contributed by atoms with Crippen molar-refractivity contribution in [3.8, 4) is 0 Å². The normalized spacial score (nSPS) is 21.7. The summed E-state index contributed by atoms with van der Waals surface area (Å²) in [6.07, 6.45) is 6.74. The molecule has 0 radical (unpaired) electrons. The molecule has 126 valence electrons. The fraction of sp³-hybridized carbons (Fsp3) is 0.875. The van der Waals surface area contributed by atoms with Crippen molar-refractivity contribution in [2.45, 2.75) is 50.7 Å². The fourth-order valence-electron chi connectivity index (χ4n) is 3.35. The first-order chi connectivity index (χ1) is 10.7. The molecule has 6 heteroatoms. The van der Waals surface area contributed by atoms with Gasteiger partial charge in [-0.3, -0.25) is 4.79 Å². The Labute approximate surface area is 138 Å². The van der Waals surface area contributed by atoms with E-state index in [1.807, 2.05) is 6.92 Å². The maximum Gasteiger partial charge on any atom is 0.241 e. The van der Waals surface area contributed by atoms with Gasteiger partial charge in [0.15, 0.2) is 5.96 Å². The van der Waals surface area contributed by atoms with Gasteiger partial charge >= 0.3 is 0 Å². The summed E-state index contributed by atoms with van der Waals surface area (Å²) in [5.41, 5.74) is 0. The van der Waals surface area contributed by atoms with Gasteiger partial charge < -0.3 is 15.5 Å².